The summed E-state index contributed by atoms with van der Waals surface area (Å²) in [4.78, 5) is 0. The van der Waals surface area contributed by atoms with Crippen LogP contribution >= 0.6 is 11.8 Å². The molecule has 1 heterocycles. The smallest absolute Gasteiger partial charge is 0.209 e. The summed E-state index contributed by atoms with van der Waals surface area (Å²) in [7, 11) is 1.83. The molecule has 2 rings (SSSR count). The number of benzene rings is 1. The van der Waals surface area contributed by atoms with E-state index in [0.717, 1.165) is 10.9 Å². The lowest BCUT2D eigenvalue weighted by Crippen LogP contribution is -2.15. The Morgan fingerprint density at radius 3 is 2.83 bits per heavy atom. The van der Waals surface area contributed by atoms with Gasteiger partial charge >= 0.3 is 0 Å². The largest absolute Gasteiger partial charge is 0.323 e. The zero-order chi connectivity index (χ0) is 13.1. The number of nitrogens with two attached hydrogens (primary N) is 1. The van der Waals surface area contributed by atoms with Crippen LogP contribution in [0.2, 0.25) is 0 Å². The van der Waals surface area contributed by atoms with Crippen LogP contribution in [-0.2, 0) is 7.05 Å². The zero-order valence-electron chi connectivity index (χ0n) is 10.8. The van der Waals surface area contributed by atoms with Crippen LogP contribution in [0.3, 0.4) is 0 Å². The summed E-state index contributed by atoms with van der Waals surface area (Å²) in [6.45, 7) is 4.17. The molecular formula is C12H17N5S. The summed E-state index contributed by atoms with van der Waals surface area (Å²) < 4.78 is 1.65. The van der Waals surface area contributed by atoms with E-state index < -0.39 is 0 Å². The fourth-order valence-corrected chi connectivity index (χ4v) is 2.58. The number of aryl methyl sites for hydroxylation is 3. The first kappa shape index (κ1) is 13.0. The maximum absolute atomic E-state index is 6.23. The monoisotopic (exact) mass is 263 g/mol. The van der Waals surface area contributed by atoms with Gasteiger partial charge in [0.1, 0.15) is 0 Å². The van der Waals surface area contributed by atoms with Crippen LogP contribution in [0.15, 0.2) is 23.4 Å². The number of hydrogen-bond acceptors (Lipinski definition) is 5. The Morgan fingerprint density at radius 2 is 2.17 bits per heavy atom. The molecule has 0 radical (unpaired) electrons. The molecule has 6 heteroatoms. The summed E-state index contributed by atoms with van der Waals surface area (Å²) in [6, 6.07) is 6.35. The number of aromatic nitrogens is 4. The highest BCUT2D eigenvalue weighted by atomic mass is 32.2. The zero-order valence-corrected chi connectivity index (χ0v) is 11.6. The van der Waals surface area contributed by atoms with Crippen LogP contribution in [-0.4, -0.2) is 26.0 Å². The van der Waals surface area contributed by atoms with Gasteiger partial charge < -0.3 is 5.73 Å². The Labute approximate surface area is 111 Å². The lowest BCUT2D eigenvalue weighted by Gasteiger charge is -2.14. The minimum Gasteiger partial charge on any atom is -0.323 e. The van der Waals surface area contributed by atoms with Gasteiger partial charge in [-0.15, -0.1) is 5.10 Å². The lowest BCUT2D eigenvalue weighted by atomic mass is 10.0. The van der Waals surface area contributed by atoms with E-state index in [-0.39, 0.29) is 6.04 Å². The third-order valence-corrected chi connectivity index (χ3v) is 3.94. The molecule has 1 aromatic carbocycles. The molecule has 0 aliphatic rings. The second-order valence-corrected chi connectivity index (χ2v) is 5.35. The van der Waals surface area contributed by atoms with E-state index in [1.807, 2.05) is 7.05 Å². The third-order valence-electron chi connectivity index (χ3n) is 2.81. The summed E-state index contributed by atoms with van der Waals surface area (Å²) in [6.07, 6.45) is 0. The fraction of sp³-hybridized carbons (Fsp3) is 0.417. The second kappa shape index (κ2) is 5.49. The van der Waals surface area contributed by atoms with Crippen LogP contribution in [0.5, 0.6) is 0 Å². The molecule has 1 aromatic heterocycles. The average Bonchev–Trinajstić information content (AvgIpc) is 2.75. The molecule has 0 aliphatic heterocycles. The highest BCUT2D eigenvalue weighted by Crippen LogP contribution is 2.23. The summed E-state index contributed by atoms with van der Waals surface area (Å²) in [5.41, 5.74) is 9.88. The van der Waals surface area contributed by atoms with Gasteiger partial charge in [-0.1, -0.05) is 35.5 Å². The lowest BCUT2D eigenvalue weighted by molar-refractivity contribution is 0.663. The van der Waals surface area contributed by atoms with E-state index in [1.165, 1.54) is 16.7 Å². The van der Waals surface area contributed by atoms with Crippen molar-refractivity contribution in [2.45, 2.75) is 25.0 Å². The number of rotatable bonds is 4. The van der Waals surface area contributed by atoms with Gasteiger partial charge in [0.05, 0.1) is 0 Å². The molecular weight excluding hydrogens is 246 g/mol. The Balaban J connectivity index is 2.06. The van der Waals surface area contributed by atoms with Gasteiger partial charge in [0, 0.05) is 18.8 Å². The molecule has 0 fully saturated rings. The standard InChI is InChI=1S/C12H17N5S/c1-8-4-5-9(2)10(6-8)11(13)7-18-12-14-15-16-17(12)3/h4-6,11H,7,13H2,1-3H3. The quantitative estimate of drug-likeness (QED) is 0.849. The van der Waals surface area contributed by atoms with Crippen molar-refractivity contribution >= 4 is 11.8 Å². The highest BCUT2D eigenvalue weighted by Gasteiger charge is 2.12. The summed E-state index contributed by atoms with van der Waals surface area (Å²) in [5.74, 6) is 0.762. The van der Waals surface area contributed by atoms with E-state index >= 15 is 0 Å². The molecule has 2 N–H and O–H groups in total. The van der Waals surface area contributed by atoms with Gasteiger partial charge in [0.25, 0.3) is 0 Å². The minimum atomic E-state index is -0.00778. The first-order valence-corrected chi connectivity index (χ1v) is 6.74. The van der Waals surface area contributed by atoms with Gasteiger partial charge in [-0.25, -0.2) is 4.68 Å². The SMILES string of the molecule is Cc1ccc(C)c(C(N)CSc2nnnn2C)c1. The Kier molecular flexibility index (Phi) is 3.98. The van der Waals surface area contributed by atoms with Gasteiger partial charge in [-0.3, -0.25) is 0 Å². The Bertz CT molecular complexity index is 537. The molecule has 0 saturated carbocycles. The number of hydrogen-bond donors (Lipinski definition) is 1. The molecule has 2 aromatic rings. The van der Waals surface area contributed by atoms with Crippen LogP contribution in [0, 0.1) is 13.8 Å². The van der Waals surface area contributed by atoms with E-state index in [2.05, 4.69) is 47.6 Å². The van der Waals surface area contributed by atoms with E-state index in [9.17, 15) is 0 Å². The molecule has 0 spiro atoms. The molecule has 1 atom stereocenters. The van der Waals surface area contributed by atoms with Gasteiger partial charge in [0.15, 0.2) is 0 Å². The normalized spacial score (nSPS) is 12.7. The third kappa shape index (κ3) is 2.88. The van der Waals surface area contributed by atoms with E-state index in [0.29, 0.717) is 0 Å². The number of tetrazole rings is 1. The van der Waals surface area contributed by atoms with Crippen LogP contribution < -0.4 is 5.73 Å². The van der Waals surface area contributed by atoms with Crippen molar-refractivity contribution in [2.75, 3.05) is 5.75 Å². The van der Waals surface area contributed by atoms with Crippen molar-refractivity contribution in [2.24, 2.45) is 12.8 Å². The van der Waals surface area contributed by atoms with Crippen molar-refractivity contribution < 1.29 is 0 Å². The maximum atomic E-state index is 6.23. The molecule has 1 unspecified atom stereocenters. The number of nitrogens with zero attached hydrogens (tertiary/aromatic N) is 4. The topological polar surface area (TPSA) is 69.6 Å². The highest BCUT2D eigenvalue weighted by molar-refractivity contribution is 7.99. The summed E-state index contributed by atoms with van der Waals surface area (Å²) >= 11 is 1.57. The molecule has 0 aliphatic carbocycles. The molecule has 96 valence electrons. The van der Waals surface area contributed by atoms with Crippen molar-refractivity contribution in [1.82, 2.24) is 20.2 Å². The van der Waals surface area contributed by atoms with Crippen molar-refractivity contribution in [1.29, 1.82) is 0 Å². The van der Waals surface area contributed by atoms with E-state index in [4.69, 9.17) is 5.73 Å². The fourth-order valence-electron chi connectivity index (χ4n) is 1.76. The molecule has 0 saturated heterocycles. The summed E-state index contributed by atoms with van der Waals surface area (Å²) in [5, 5.41) is 12.1. The van der Waals surface area contributed by atoms with Gasteiger partial charge in [0.2, 0.25) is 5.16 Å². The van der Waals surface area contributed by atoms with Crippen LogP contribution in [0.25, 0.3) is 0 Å². The van der Waals surface area contributed by atoms with Gasteiger partial charge in [-0.05, 0) is 35.4 Å². The predicted octanol–water partition coefficient (Wildman–Crippen LogP) is 1.62. The van der Waals surface area contributed by atoms with E-state index in [1.54, 1.807) is 16.4 Å². The molecule has 18 heavy (non-hydrogen) atoms. The average molecular weight is 263 g/mol. The Morgan fingerprint density at radius 1 is 1.39 bits per heavy atom. The molecule has 0 bridgehead atoms. The van der Waals surface area contributed by atoms with Crippen molar-refractivity contribution in [3.05, 3.63) is 34.9 Å². The minimum absolute atomic E-state index is 0.00778. The predicted molar refractivity (Wildman–Crippen MR) is 72.4 cm³/mol. The van der Waals surface area contributed by atoms with Gasteiger partial charge in [-0.2, -0.15) is 0 Å². The maximum Gasteiger partial charge on any atom is 0.209 e. The molecule has 0 amide bonds. The Hall–Kier alpha value is -1.40. The molecule has 5 nitrogen and oxygen atoms in total. The second-order valence-electron chi connectivity index (χ2n) is 4.36. The number of thioether (sulfide) groups is 1. The van der Waals surface area contributed by atoms with Crippen LogP contribution in [0.4, 0.5) is 0 Å². The van der Waals surface area contributed by atoms with Crippen LogP contribution in [0.1, 0.15) is 22.7 Å². The van der Waals surface area contributed by atoms with Crippen molar-refractivity contribution in [3.8, 4) is 0 Å². The first-order valence-electron chi connectivity index (χ1n) is 5.76. The van der Waals surface area contributed by atoms with Crippen molar-refractivity contribution in [3.63, 3.8) is 0 Å². The first-order chi connectivity index (χ1) is 8.58.